The summed E-state index contributed by atoms with van der Waals surface area (Å²) in [6.45, 7) is 4.27. The van der Waals surface area contributed by atoms with Gasteiger partial charge in [0.05, 0.1) is 6.61 Å². The monoisotopic (exact) mass is 288 g/mol. The van der Waals surface area contributed by atoms with Crippen molar-refractivity contribution >= 4 is 15.8 Å². The number of nitrogens with two attached hydrogens (primary N) is 1. The molecule has 0 bridgehead atoms. The molecule has 19 heavy (non-hydrogen) atoms. The van der Waals surface area contributed by atoms with Crippen molar-refractivity contribution in [3.05, 3.63) is 18.3 Å². The highest BCUT2D eigenvalue weighted by Gasteiger charge is 2.26. The first-order valence-electron chi connectivity index (χ1n) is 5.87. The van der Waals surface area contributed by atoms with Crippen molar-refractivity contribution in [3.63, 3.8) is 0 Å². The molecule has 0 unspecified atom stereocenters. The van der Waals surface area contributed by atoms with Crippen molar-refractivity contribution in [1.29, 1.82) is 0 Å². The summed E-state index contributed by atoms with van der Waals surface area (Å²) in [4.78, 5) is 4.05. The average Bonchev–Trinajstić information content (AvgIpc) is 2.38. The predicted molar refractivity (Wildman–Crippen MR) is 73.0 cm³/mol. The van der Waals surface area contributed by atoms with E-state index in [1.54, 1.807) is 0 Å². The van der Waals surface area contributed by atoms with Gasteiger partial charge in [-0.2, -0.15) is 4.31 Å². The second kappa shape index (κ2) is 6.80. The molecule has 1 heterocycles. The van der Waals surface area contributed by atoms with Crippen molar-refractivity contribution in [2.75, 3.05) is 25.7 Å². The van der Waals surface area contributed by atoms with Crippen LogP contribution in [0.3, 0.4) is 0 Å². The Bertz CT molecular complexity index is 487. The van der Waals surface area contributed by atoms with Crippen LogP contribution in [0.5, 0.6) is 0 Å². The van der Waals surface area contributed by atoms with Gasteiger partial charge in [-0.25, -0.2) is 19.2 Å². The van der Waals surface area contributed by atoms with Crippen molar-refractivity contribution in [3.8, 4) is 0 Å². The highest BCUT2D eigenvalue weighted by atomic mass is 32.2. The van der Waals surface area contributed by atoms with Gasteiger partial charge in [0.1, 0.15) is 10.7 Å². The largest absolute Gasteiger partial charge is 0.383 e. The molecule has 0 aliphatic heterocycles. The van der Waals surface area contributed by atoms with Crippen LogP contribution in [0.4, 0.5) is 5.82 Å². The third kappa shape index (κ3) is 3.87. The number of nitrogens with zero attached hydrogens (tertiary/aromatic N) is 2. The Balaban J connectivity index is 3.04. The van der Waals surface area contributed by atoms with E-state index in [9.17, 15) is 8.42 Å². The van der Waals surface area contributed by atoms with Crippen LogP contribution in [0.2, 0.25) is 0 Å². The molecule has 0 saturated heterocycles. The van der Waals surface area contributed by atoms with E-state index < -0.39 is 10.0 Å². The summed E-state index contributed by atoms with van der Waals surface area (Å²) < 4.78 is 31.2. The molecule has 0 radical (unpaired) electrons. The van der Waals surface area contributed by atoms with Crippen molar-refractivity contribution < 1.29 is 13.2 Å². The minimum absolute atomic E-state index is 0.135. The number of nitrogens with one attached hydrogen (secondary N) is 1. The Labute approximate surface area is 113 Å². The quantitative estimate of drug-likeness (QED) is 0.557. The smallest absolute Gasteiger partial charge is 0.244 e. The second-order valence-electron chi connectivity index (χ2n) is 4.23. The van der Waals surface area contributed by atoms with E-state index in [1.165, 1.54) is 29.7 Å². The number of aromatic nitrogens is 1. The van der Waals surface area contributed by atoms with E-state index in [2.05, 4.69) is 10.4 Å². The first-order chi connectivity index (χ1) is 8.93. The van der Waals surface area contributed by atoms with Gasteiger partial charge >= 0.3 is 0 Å². The molecular weight excluding hydrogens is 268 g/mol. The lowest BCUT2D eigenvalue weighted by molar-refractivity contribution is 0.171. The minimum Gasteiger partial charge on any atom is -0.383 e. The molecule has 108 valence electrons. The van der Waals surface area contributed by atoms with Gasteiger partial charge in [0, 0.05) is 25.9 Å². The lowest BCUT2D eigenvalue weighted by Gasteiger charge is -2.25. The number of anilines is 1. The van der Waals surface area contributed by atoms with Crippen LogP contribution >= 0.6 is 0 Å². The maximum atomic E-state index is 12.5. The number of hydrogen-bond donors (Lipinski definition) is 2. The zero-order chi connectivity index (χ0) is 14.5. The number of nitrogen functional groups attached to an aromatic ring is 1. The molecule has 0 aliphatic rings. The number of rotatable bonds is 7. The molecule has 0 amide bonds. The van der Waals surface area contributed by atoms with Crippen molar-refractivity contribution in [1.82, 2.24) is 9.29 Å². The van der Waals surface area contributed by atoms with E-state index in [4.69, 9.17) is 10.6 Å². The summed E-state index contributed by atoms with van der Waals surface area (Å²) in [5.41, 5.74) is 2.35. The molecule has 0 fully saturated rings. The van der Waals surface area contributed by atoms with Crippen LogP contribution in [-0.4, -0.2) is 44.0 Å². The summed E-state index contributed by atoms with van der Waals surface area (Å²) >= 11 is 0. The Kier molecular flexibility index (Phi) is 5.67. The summed E-state index contributed by atoms with van der Waals surface area (Å²) in [6, 6.07) is 2.83. The number of ether oxygens (including phenoxy) is 1. The van der Waals surface area contributed by atoms with E-state index in [-0.39, 0.29) is 10.9 Å². The number of hydrogen-bond acceptors (Lipinski definition) is 6. The summed E-state index contributed by atoms with van der Waals surface area (Å²) in [5.74, 6) is 5.60. The topological polar surface area (TPSA) is 97.5 Å². The lowest BCUT2D eigenvalue weighted by Crippen LogP contribution is -2.39. The molecule has 0 saturated carbocycles. The maximum Gasteiger partial charge on any atom is 0.244 e. The van der Waals surface area contributed by atoms with Gasteiger partial charge in [0.25, 0.3) is 0 Å². The van der Waals surface area contributed by atoms with Crippen LogP contribution in [0.15, 0.2) is 23.2 Å². The van der Waals surface area contributed by atoms with E-state index in [1.807, 2.05) is 13.8 Å². The van der Waals surface area contributed by atoms with Gasteiger partial charge < -0.3 is 10.2 Å². The van der Waals surface area contributed by atoms with Crippen LogP contribution in [0, 0.1) is 0 Å². The molecule has 1 aromatic rings. The third-order valence-electron chi connectivity index (χ3n) is 2.58. The zero-order valence-corrected chi connectivity index (χ0v) is 12.1. The molecule has 7 nitrogen and oxygen atoms in total. The SMILES string of the molecule is COCCN(C(C)C)S(=O)(=O)c1ccc(NN)nc1. The van der Waals surface area contributed by atoms with Gasteiger partial charge in [-0.15, -0.1) is 0 Å². The highest BCUT2D eigenvalue weighted by Crippen LogP contribution is 2.18. The van der Waals surface area contributed by atoms with Gasteiger partial charge in [0.15, 0.2) is 0 Å². The van der Waals surface area contributed by atoms with Crippen LogP contribution in [0.1, 0.15) is 13.8 Å². The summed E-state index contributed by atoms with van der Waals surface area (Å²) in [5, 5.41) is 0. The Morgan fingerprint density at radius 2 is 2.16 bits per heavy atom. The lowest BCUT2D eigenvalue weighted by atomic mass is 10.4. The van der Waals surface area contributed by atoms with E-state index in [0.717, 1.165) is 0 Å². The zero-order valence-electron chi connectivity index (χ0n) is 11.3. The van der Waals surface area contributed by atoms with Gasteiger partial charge in [0.2, 0.25) is 10.0 Å². The Morgan fingerprint density at radius 3 is 2.58 bits per heavy atom. The maximum absolute atomic E-state index is 12.5. The first kappa shape index (κ1) is 15.8. The molecule has 0 aliphatic carbocycles. The second-order valence-corrected chi connectivity index (χ2v) is 6.12. The molecule has 1 aromatic heterocycles. The van der Waals surface area contributed by atoms with Crippen LogP contribution in [0.25, 0.3) is 0 Å². The first-order valence-corrected chi connectivity index (χ1v) is 7.31. The molecule has 3 N–H and O–H groups in total. The highest BCUT2D eigenvalue weighted by molar-refractivity contribution is 7.89. The molecular formula is C11H20N4O3S. The minimum atomic E-state index is -3.58. The van der Waals surface area contributed by atoms with Crippen molar-refractivity contribution in [2.24, 2.45) is 5.84 Å². The summed E-state index contributed by atoms with van der Waals surface area (Å²) in [6.07, 6.45) is 1.28. The van der Waals surface area contributed by atoms with Gasteiger partial charge in [-0.3, -0.25) is 0 Å². The Morgan fingerprint density at radius 1 is 1.47 bits per heavy atom. The van der Waals surface area contributed by atoms with Crippen LogP contribution < -0.4 is 11.3 Å². The van der Waals surface area contributed by atoms with Gasteiger partial charge in [-0.05, 0) is 26.0 Å². The molecule has 1 rings (SSSR count). The molecule has 0 atom stereocenters. The molecule has 0 aromatic carbocycles. The normalized spacial score (nSPS) is 12.1. The fourth-order valence-electron chi connectivity index (χ4n) is 1.59. The number of pyridine rings is 1. The Hall–Kier alpha value is -1.22. The predicted octanol–water partition coefficient (Wildman–Crippen LogP) is 0.413. The number of hydrazine groups is 1. The standard InChI is InChI=1S/C11H20N4O3S/c1-9(2)15(6-7-18-3)19(16,17)10-4-5-11(14-12)13-8-10/h4-5,8-9H,6-7,12H2,1-3H3,(H,13,14). The fourth-order valence-corrected chi connectivity index (χ4v) is 3.16. The summed E-state index contributed by atoms with van der Waals surface area (Å²) in [7, 11) is -2.04. The van der Waals surface area contributed by atoms with Crippen molar-refractivity contribution in [2.45, 2.75) is 24.8 Å². The molecule has 0 spiro atoms. The fraction of sp³-hybridized carbons (Fsp3) is 0.545. The average molecular weight is 288 g/mol. The number of methoxy groups -OCH3 is 1. The van der Waals surface area contributed by atoms with Gasteiger partial charge in [-0.1, -0.05) is 0 Å². The van der Waals surface area contributed by atoms with E-state index >= 15 is 0 Å². The molecule has 8 heteroatoms. The van der Waals surface area contributed by atoms with Crippen LogP contribution in [-0.2, 0) is 14.8 Å². The number of sulfonamides is 1. The third-order valence-corrected chi connectivity index (χ3v) is 4.64. The van der Waals surface area contributed by atoms with E-state index in [0.29, 0.717) is 19.0 Å².